The Hall–Kier alpha value is -4.08. The molecule has 5 rings (SSSR count). The van der Waals surface area contributed by atoms with E-state index < -0.39 is 0 Å². The Balaban J connectivity index is 1.27. The maximum absolute atomic E-state index is 12.6. The van der Waals surface area contributed by atoms with E-state index in [0.717, 1.165) is 38.1 Å². The fourth-order valence-electron chi connectivity index (χ4n) is 3.78. The SMILES string of the molecule is C/C(=N\NC(=O)CSc1nnc(-c2ccncc2)n1-c1ccc(Br)cc1)c1ccc(-c2ccccc2)cc1. The van der Waals surface area contributed by atoms with Gasteiger partial charge >= 0.3 is 0 Å². The summed E-state index contributed by atoms with van der Waals surface area (Å²) in [5.74, 6) is 0.575. The van der Waals surface area contributed by atoms with Crippen molar-refractivity contribution >= 4 is 39.3 Å². The van der Waals surface area contributed by atoms with Crippen LogP contribution in [0.1, 0.15) is 12.5 Å². The first-order valence-electron chi connectivity index (χ1n) is 11.8. The zero-order chi connectivity index (χ0) is 26.3. The van der Waals surface area contributed by atoms with Crippen LogP contribution in [0, 0.1) is 0 Å². The second kappa shape index (κ2) is 12.0. The van der Waals surface area contributed by atoms with E-state index in [1.54, 1.807) is 12.4 Å². The maximum Gasteiger partial charge on any atom is 0.250 e. The highest BCUT2D eigenvalue weighted by Crippen LogP contribution is 2.28. The van der Waals surface area contributed by atoms with Crippen LogP contribution >= 0.6 is 27.7 Å². The van der Waals surface area contributed by atoms with Crippen LogP contribution in [0.4, 0.5) is 0 Å². The molecule has 38 heavy (non-hydrogen) atoms. The molecule has 3 aromatic carbocycles. The molecule has 0 aliphatic rings. The lowest BCUT2D eigenvalue weighted by Gasteiger charge is -2.10. The summed E-state index contributed by atoms with van der Waals surface area (Å²) in [6.07, 6.45) is 3.43. The highest BCUT2D eigenvalue weighted by Gasteiger charge is 2.17. The molecular formula is C29H23BrN6OS. The van der Waals surface area contributed by atoms with Crippen LogP contribution in [0.3, 0.4) is 0 Å². The van der Waals surface area contributed by atoms with E-state index >= 15 is 0 Å². The van der Waals surface area contributed by atoms with Crippen LogP contribution in [0.5, 0.6) is 0 Å². The Morgan fingerprint density at radius 1 is 0.868 bits per heavy atom. The van der Waals surface area contributed by atoms with E-state index in [2.05, 4.69) is 65.9 Å². The van der Waals surface area contributed by atoms with Crippen molar-refractivity contribution in [1.29, 1.82) is 0 Å². The van der Waals surface area contributed by atoms with Gasteiger partial charge in [0.2, 0.25) is 0 Å². The van der Waals surface area contributed by atoms with Gasteiger partial charge in [0.05, 0.1) is 11.5 Å². The second-order valence-corrected chi connectivity index (χ2v) is 10.2. The number of thioether (sulfide) groups is 1. The number of carbonyl (C=O) groups excluding carboxylic acids is 1. The van der Waals surface area contributed by atoms with Gasteiger partial charge in [0, 0.05) is 28.1 Å². The first kappa shape index (κ1) is 25.6. The Labute approximate surface area is 233 Å². The Morgan fingerprint density at radius 2 is 1.55 bits per heavy atom. The summed E-state index contributed by atoms with van der Waals surface area (Å²) in [7, 11) is 0. The van der Waals surface area contributed by atoms with Gasteiger partial charge in [-0.05, 0) is 60.0 Å². The van der Waals surface area contributed by atoms with Gasteiger partial charge < -0.3 is 0 Å². The van der Waals surface area contributed by atoms with Crippen LogP contribution < -0.4 is 5.43 Å². The predicted molar refractivity (Wildman–Crippen MR) is 155 cm³/mol. The highest BCUT2D eigenvalue weighted by atomic mass is 79.9. The zero-order valence-electron chi connectivity index (χ0n) is 20.5. The number of benzene rings is 3. The lowest BCUT2D eigenvalue weighted by molar-refractivity contribution is -0.118. The Bertz CT molecular complexity index is 1550. The van der Waals surface area contributed by atoms with Gasteiger partial charge in [0.25, 0.3) is 5.91 Å². The monoisotopic (exact) mass is 582 g/mol. The molecule has 0 aliphatic carbocycles. The molecule has 0 saturated carbocycles. The molecule has 1 amide bonds. The standard InChI is InChI=1S/C29H23BrN6OS/c1-20(21-7-9-23(10-8-21)22-5-3-2-4-6-22)32-33-27(37)19-38-29-35-34-28(24-15-17-31-18-16-24)36(29)26-13-11-25(30)12-14-26/h2-18H,19H2,1H3,(H,33,37)/b32-20+. The van der Waals surface area contributed by atoms with E-state index in [0.29, 0.717) is 11.0 Å². The number of rotatable bonds is 8. The molecule has 0 atom stereocenters. The zero-order valence-corrected chi connectivity index (χ0v) is 22.9. The normalized spacial score (nSPS) is 11.4. The highest BCUT2D eigenvalue weighted by molar-refractivity contribution is 9.10. The summed E-state index contributed by atoms with van der Waals surface area (Å²) in [6, 6.07) is 29.9. The number of amides is 1. The molecule has 0 saturated heterocycles. The largest absolute Gasteiger partial charge is 0.272 e. The fraction of sp³-hybridized carbons (Fsp3) is 0.0690. The van der Waals surface area contributed by atoms with E-state index in [1.165, 1.54) is 11.8 Å². The quantitative estimate of drug-likeness (QED) is 0.130. The molecule has 188 valence electrons. The van der Waals surface area contributed by atoms with Crippen molar-refractivity contribution in [3.05, 3.63) is 113 Å². The molecule has 0 fully saturated rings. The Morgan fingerprint density at radius 3 is 2.26 bits per heavy atom. The van der Waals surface area contributed by atoms with Crippen LogP contribution in [0.2, 0.25) is 0 Å². The molecule has 1 N–H and O–H groups in total. The summed E-state index contributed by atoms with van der Waals surface area (Å²) in [6.45, 7) is 1.87. The van der Waals surface area contributed by atoms with Gasteiger partial charge in [-0.25, -0.2) is 5.43 Å². The molecule has 0 unspecified atom stereocenters. The van der Waals surface area contributed by atoms with Crippen LogP contribution in [0.15, 0.2) is 118 Å². The van der Waals surface area contributed by atoms with Gasteiger partial charge in [-0.15, -0.1) is 10.2 Å². The molecule has 0 spiro atoms. The molecule has 2 aromatic heterocycles. The summed E-state index contributed by atoms with van der Waals surface area (Å²) in [4.78, 5) is 16.7. The topological polar surface area (TPSA) is 85.1 Å². The summed E-state index contributed by atoms with van der Waals surface area (Å²) < 4.78 is 2.90. The van der Waals surface area contributed by atoms with Crippen molar-refractivity contribution in [2.24, 2.45) is 5.10 Å². The second-order valence-electron chi connectivity index (χ2n) is 8.32. The van der Waals surface area contributed by atoms with Crippen molar-refractivity contribution in [3.63, 3.8) is 0 Å². The number of carbonyl (C=O) groups is 1. The van der Waals surface area contributed by atoms with Crippen LogP contribution in [-0.4, -0.2) is 37.1 Å². The number of hydrazone groups is 1. The molecule has 5 aromatic rings. The fourth-order valence-corrected chi connectivity index (χ4v) is 4.79. The van der Waals surface area contributed by atoms with E-state index in [9.17, 15) is 4.79 Å². The van der Waals surface area contributed by atoms with E-state index in [4.69, 9.17) is 0 Å². The van der Waals surface area contributed by atoms with E-state index in [-0.39, 0.29) is 11.7 Å². The van der Waals surface area contributed by atoms with Crippen molar-refractivity contribution in [2.45, 2.75) is 12.1 Å². The molecule has 9 heteroatoms. The van der Waals surface area contributed by atoms with Crippen molar-refractivity contribution < 1.29 is 4.79 Å². The molecule has 2 heterocycles. The number of nitrogens with zero attached hydrogens (tertiary/aromatic N) is 5. The number of hydrogen-bond donors (Lipinski definition) is 1. The summed E-state index contributed by atoms with van der Waals surface area (Å²) >= 11 is 4.78. The molecule has 0 bridgehead atoms. The first-order chi connectivity index (χ1) is 18.6. The minimum Gasteiger partial charge on any atom is -0.272 e. The van der Waals surface area contributed by atoms with Gasteiger partial charge in [-0.3, -0.25) is 14.3 Å². The molecule has 0 radical (unpaired) electrons. The number of aromatic nitrogens is 4. The van der Waals surface area contributed by atoms with Gasteiger partial charge in [0.15, 0.2) is 11.0 Å². The first-order valence-corrected chi connectivity index (χ1v) is 13.6. The third-order valence-electron chi connectivity index (χ3n) is 5.75. The van der Waals surface area contributed by atoms with Gasteiger partial charge in [0.1, 0.15) is 0 Å². The maximum atomic E-state index is 12.6. The lowest BCUT2D eigenvalue weighted by atomic mass is 10.0. The number of pyridine rings is 1. The van der Waals surface area contributed by atoms with Crippen molar-refractivity contribution in [1.82, 2.24) is 25.2 Å². The minimum absolute atomic E-state index is 0.134. The number of halogens is 1. The van der Waals surface area contributed by atoms with Gasteiger partial charge in [-0.2, -0.15) is 5.10 Å². The smallest absolute Gasteiger partial charge is 0.250 e. The average molecular weight is 584 g/mol. The Kier molecular flexibility index (Phi) is 8.06. The summed E-state index contributed by atoms with van der Waals surface area (Å²) in [5.41, 5.74) is 8.37. The molecule has 0 aliphatic heterocycles. The predicted octanol–water partition coefficient (Wildman–Crippen LogP) is 6.39. The van der Waals surface area contributed by atoms with Crippen molar-refractivity contribution in [3.8, 4) is 28.2 Å². The van der Waals surface area contributed by atoms with Gasteiger partial charge in [-0.1, -0.05) is 82.3 Å². The third-order valence-corrected chi connectivity index (χ3v) is 7.20. The number of nitrogens with one attached hydrogen (secondary N) is 1. The van der Waals surface area contributed by atoms with Crippen molar-refractivity contribution in [2.75, 3.05) is 5.75 Å². The van der Waals surface area contributed by atoms with E-state index in [1.807, 2.05) is 78.2 Å². The lowest BCUT2D eigenvalue weighted by Crippen LogP contribution is -2.21. The molecule has 7 nitrogen and oxygen atoms in total. The number of hydrogen-bond acceptors (Lipinski definition) is 6. The minimum atomic E-state index is -0.230. The summed E-state index contributed by atoms with van der Waals surface area (Å²) in [5, 5.41) is 13.7. The third kappa shape index (κ3) is 6.07. The molecular weight excluding hydrogens is 560 g/mol. The van der Waals surface area contributed by atoms with Crippen LogP contribution in [0.25, 0.3) is 28.2 Å². The van der Waals surface area contributed by atoms with Crippen LogP contribution in [-0.2, 0) is 4.79 Å². The average Bonchev–Trinajstić information content (AvgIpc) is 3.40.